The molecule has 3 rings (SSSR count). The summed E-state index contributed by atoms with van der Waals surface area (Å²) in [4.78, 5) is 23.2. The molecular weight excluding hydrogens is 336 g/mol. The highest BCUT2D eigenvalue weighted by Crippen LogP contribution is 2.33. The second-order valence-corrected chi connectivity index (χ2v) is 7.28. The Kier molecular flexibility index (Phi) is 5.39. The van der Waals surface area contributed by atoms with Crippen molar-refractivity contribution in [2.45, 2.75) is 37.4 Å². The second-order valence-electron chi connectivity index (χ2n) is 6.50. The Bertz CT molecular complexity index is 786. The van der Waals surface area contributed by atoms with Gasteiger partial charge in [-0.1, -0.05) is 11.8 Å². The molecule has 1 amide bonds. The van der Waals surface area contributed by atoms with E-state index in [1.54, 1.807) is 0 Å². The summed E-state index contributed by atoms with van der Waals surface area (Å²) in [6.07, 6.45) is 7.43. The van der Waals surface area contributed by atoms with E-state index in [0.717, 1.165) is 66.4 Å². The van der Waals surface area contributed by atoms with Crippen molar-refractivity contribution in [3.05, 3.63) is 23.0 Å². The molecule has 2 aromatic heterocycles. The van der Waals surface area contributed by atoms with Crippen molar-refractivity contribution in [1.82, 2.24) is 24.6 Å². The maximum absolute atomic E-state index is 11.9. The number of hydrogen-bond donors (Lipinski definition) is 1. The first-order valence-electron chi connectivity index (χ1n) is 8.45. The highest BCUT2D eigenvalue weighted by Gasteiger charge is 2.27. The van der Waals surface area contributed by atoms with Crippen LogP contribution in [0, 0.1) is 0 Å². The minimum Gasteiger partial charge on any atom is -0.364 e. The van der Waals surface area contributed by atoms with Gasteiger partial charge in [0, 0.05) is 18.3 Å². The van der Waals surface area contributed by atoms with E-state index >= 15 is 0 Å². The van der Waals surface area contributed by atoms with E-state index in [-0.39, 0.29) is 0 Å². The van der Waals surface area contributed by atoms with Gasteiger partial charge in [-0.3, -0.25) is 9.48 Å². The zero-order chi connectivity index (χ0) is 18.0. The third kappa shape index (κ3) is 3.69. The van der Waals surface area contributed by atoms with Crippen LogP contribution < -0.4 is 5.73 Å². The number of aromatic nitrogens is 4. The molecule has 0 fully saturated rings. The van der Waals surface area contributed by atoms with E-state index in [0.29, 0.717) is 5.69 Å². The number of fused-ring (bicyclic) bond motifs is 3. The molecule has 1 aliphatic carbocycles. The van der Waals surface area contributed by atoms with Gasteiger partial charge >= 0.3 is 0 Å². The lowest BCUT2D eigenvalue weighted by molar-refractivity contribution is 0.0994. The van der Waals surface area contributed by atoms with Crippen molar-refractivity contribution in [1.29, 1.82) is 0 Å². The molecule has 7 nitrogen and oxygen atoms in total. The number of nitrogens with two attached hydrogens (primary N) is 1. The standard InChI is InChI=1S/C17H24N6OS/c1-22(2)8-5-9-23-15-12(14(21-23)16(18)24)7-4-6-11-10-19-17(25-3)20-13(11)15/h10H,4-9H2,1-3H3,(H2,18,24). The second kappa shape index (κ2) is 7.53. The van der Waals surface area contributed by atoms with E-state index in [9.17, 15) is 4.79 Å². The lowest BCUT2D eigenvalue weighted by Gasteiger charge is -2.13. The summed E-state index contributed by atoms with van der Waals surface area (Å²) in [6.45, 7) is 1.68. The van der Waals surface area contributed by atoms with Crippen LogP contribution in [0.4, 0.5) is 0 Å². The number of thioether (sulfide) groups is 1. The lowest BCUT2D eigenvalue weighted by Crippen LogP contribution is -2.17. The molecule has 134 valence electrons. The van der Waals surface area contributed by atoms with Crippen molar-refractivity contribution in [2.75, 3.05) is 26.9 Å². The first-order chi connectivity index (χ1) is 12.0. The van der Waals surface area contributed by atoms with E-state index in [2.05, 4.69) is 15.0 Å². The molecule has 1 aliphatic rings. The van der Waals surface area contributed by atoms with Crippen LogP contribution in [0.2, 0.25) is 0 Å². The minimum atomic E-state index is -0.467. The molecule has 0 radical (unpaired) electrons. The fourth-order valence-corrected chi connectivity index (χ4v) is 3.57. The van der Waals surface area contributed by atoms with E-state index in [1.807, 2.05) is 31.2 Å². The number of carbonyl (C=O) groups is 1. The van der Waals surface area contributed by atoms with Gasteiger partial charge in [0.15, 0.2) is 10.9 Å². The van der Waals surface area contributed by atoms with Crippen molar-refractivity contribution in [3.63, 3.8) is 0 Å². The van der Waals surface area contributed by atoms with E-state index in [4.69, 9.17) is 10.7 Å². The summed E-state index contributed by atoms with van der Waals surface area (Å²) in [5.74, 6) is -0.467. The van der Waals surface area contributed by atoms with Gasteiger partial charge in [0.05, 0.1) is 11.4 Å². The van der Waals surface area contributed by atoms with Crippen LogP contribution >= 0.6 is 11.8 Å². The van der Waals surface area contributed by atoms with Crippen LogP contribution in [0.5, 0.6) is 0 Å². The summed E-state index contributed by atoms with van der Waals surface area (Å²) in [6, 6.07) is 0. The summed E-state index contributed by atoms with van der Waals surface area (Å²) >= 11 is 1.51. The first kappa shape index (κ1) is 17.9. The topological polar surface area (TPSA) is 89.9 Å². The number of nitrogens with zero attached hydrogens (tertiary/aromatic N) is 5. The maximum atomic E-state index is 11.9. The minimum absolute atomic E-state index is 0.386. The summed E-state index contributed by atoms with van der Waals surface area (Å²) < 4.78 is 1.92. The van der Waals surface area contributed by atoms with Gasteiger partial charge < -0.3 is 10.6 Å². The van der Waals surface area contributed by atoms with Gasteiger partial charge in [0.2, 0.25) is 0 Å². The molecule has 2 aromatic rings. The Hall–Kier alpha value is -1.93. The zero-order valence-electron chi connectivity index (χ0n) is 14.9. The van der Waals surface area contributed by atoms with Crippen LogP contribution in [-0.2, 0) is 19.4 Å². The van der Waals surface area contributed by atoms with Gasteiger partial charge in [-0.15, -0.1) is 0 Å². The molecule has 0 aliphatic heterocycles. The molecule has 2 heterocycles. The Morgan fingerprint density at radius 3 is 2.88 bits per heavy atom. The zero-order valence-corrected chi connectivity index (χ0v) is 15.8. The fraction of sp³-hybridized carbons (Fsp3) is 0.529. The smallest absolute Gasteiger partial charge is 0.269 e. The summed E-state index contributed by atoms with van der Waals surface area (Å²) in [7, 11) is 4.09. The molecule has 0 atom stereocenters. The quantitative estimate of drug-likeness (QED) is 0.622. The van der Waals surface area contributed by atoms with Gasteiger partial charge in [0.1, 0.15) is 0 Å². The van der Waals surface area contributed by atoms with Gasteiger partial charge in [-0.2, -0.15) is 5.10 Å². The number of aryl methyl sites for hydroxylation is 2. The Labute approximate surface area is 152 Å². The summed E-state index contributed by atoms with van der Waals surface area (Å²) in [5.41, 5.74) is 9.87. The maximum Gasteiger partial charge on any atom is 0.269 e. The van der Waals surface area contributed by atoms with Gasteiger partial charge in [-0.05, 0) is 58.1 Å². The molecule has 8 heteroatoms. The molecule has 0 saturated carbocycles. The lowest BCUT2D eigenvalue weighted by atomic mass is 10.1. The van der Waals surface area contributed by atoms with Crippen LogP contribution in [0.15, 0.2) is 11.4 Å². The Morgan fingerprint density at radius 1 is 1.40 bits per heavy atom. The van der Waals surface area contributed by atoms with Crippen molar-refractivity contribution >= 4 is 17.7 Å². The molecule has 0 saturated heterocycles. The molecular formula is C17H24N6OS. The first-order valence-corrected chi connectivity index (χ1v) is 9.68. The predicted octanol–water partition coefficient (Wildman–Crippen LogP) is 1.60. The van der Waals surface area contributed by atoms with E-state index < -0.39 is 5.91 Å². The predicted molar refractivity (Wildman–Crippen MR) is 98.7 cm³/mol. The van der Waals surface area contributed by atoms with E-state index in [1.165, 1.54) is 11.8 Å². The van der Waals surface area contributed by atoms with Crippen LogP contribution in [0.25, 0.3) is 11.4 Å². The van der Waals surface area contributed by atoms with Crippen LogP contribution in [0.1, 0.15) is 34.5 Å². The monoisotopic (exact) mass is 360 g/mol. The number of hydrogen-bond acceptors (Lipinski definition) is 6. The Morgan fingerprint density at radius 2 is 2.20 bits per heavy atom. The number of rotatable bonds is 6. The third-order valence-electron chi connectivity index (χ3n) is 4.38. The Balaban J connectivity index is 2.11. The molecule has 25 heavy (non-hydrogen) atoms. The number of carbonyl (C=O) groups excluding carboxylic acids is 1. The molecule has 0 spiro atoms. The molecule has 0 aromatic carbocycles. The van der Waals surface area contributed by atoms with Gasteiger partial charge in [-0.25, -0.2) is 9.97 Å². The van der Waals surface area contributed by atoms with Crippen LogP contribution in [-0.4, -0.2) is 57.5 Å². The summed E-state index contributed by atoms with van der Waals surface area (Å²) in [5, 5.41) is 5.27. The molecule has 2 N–H and O–H groups in total. The highest BCUT2D eigenvalue weighted by atomic mass is 32.2. The van der Waals surface area contributed by atoms with Crippen molar-refractivity contribution < 1.29 is 4.79 Å². The van der Waals surface area contributed by atoms with Crippen molar-refractivity contribution in [3.8, 4) is 11.4 Å². The highest BCUT2D eigenvalue weighted by molar-refractivity contribution is 7.98. The molecule has 0 bridgehead atoms. The van der Waals surface area contributed by atoms with Crippen LogP contribution in [0.3, 0.4) is 0 Å². The van der Waals surface area contributed by atoms with Gasteiger partial charge in [0.25, 0.3) is 5.91 Å². The molecule has 0 unspecified atom stereocenters. The third-order valence-corrected chi connectivity index (χ3v) is 4.94. The fourth-order valence-electron chi connectivity index (χ4n) is 3.23. The number of primary amides is 1. The largest absolute Gasteiger partial charge is 0.364 e. The van der Waals surface area contributed by atoms with Crippen molar-refractivity contribution in [2.24, 2.45) is 5.73 Å². The number of amides is 1. The average molecular weight is 360 g/mol. The average Bonchev–Trinajstić information content (AvgIpc) is 2.82. The normalized spacial score (nSPS) is 13.4. The SMILES string of the molecule is CSc1ncc2c(n1)-c1c(c(C(N)=O)nn1CCCN(C)C)CCC2.